The molecule has 0 unspecified atom stereocenters. The second kappa shape index (κ2) is 2.44. The molecule has 0 saturated heterocycles. The van der Waals surface area contributed by atoms with Crippen molar-refractivity contribution in [2.24, 2.45) is 10.1 Å². The monoisotopic (exact) mass is 164 g/mol. The van der Waals surface area contributed by atoms with Gasteiger partial charge >= 0.3 is 0 Å². The maximum Gasteiger partial charge on any atom is 0.292 e. The van der Waals surface area contributed by atoms with Crippen molar-refractivity contribution in [1.29, 1.82) is 0 Å². The number of amides is 1. The van der Waals surface area contributed by atoms with Gasteiger partial charge in [-0.1, -0.05) is 0 Å². The number of carbonyl (C=O) groups excluding carboxylic acids is 1. The molecule has 5 heteroatoms. The normalized spacial score (nSPS) is 21.1. The summed E-state index contributed by atoms with van der Waals surface area (Å²) in [5.74, 6) is 0.176. The van der Waals surface area contributed by atoms with Crippen LogP contribution < -0.4 is 5.32 Å². The molecule has 1 amide bonds. The van der Waals surface area contributed by atoms with Crippen molar-refractivity contribution in [3.05, 3.63) is 11.9 Å². The molecular weight excluding hydrogens is 156 g/mol. The number of nitrogens with one attached hydrogen (secondary N) is 1. The molecule has 0 aromatic heterocycles. The Hall–Kier alpha value is -1.65. The maximum atomic E-state index is 11.2. The highest BCUT2D eigenvalue weighted by Gasteiger charge is 2.23. The average Bonchev–Trinajstić information content (AvgIpc) is 2.04. The highest BCUT2D eigenvalue weighted by Crippen LogP contribution is 2.07. The standard InChI is InChI=1S/C7H8N4O/c1-5-4-11-6(7(12)10-5)8-2-3-9-11/h3-4H,2H2,1H3,(H,10,12). The highest BCUT2D eigenvalue weighted by molar-refractivity contribution is 6.39. The molecule has 0 bridgehead atoms. The molecule has 1 N–H and O–H groups in total. The molecule has 0 aromatic carbocycles. The number of rotatable bonds is 0. The first-order chi connectivity index (χ1) is 5.77. The molecule has 0 aromatic rings. The van der Waals surface area contributed by atoms with Gasteiger partial charge in [-0.2, -0.15) is 5.10 Å². The van der Waals surface area contributed by atoms with Gasteiger partial charge < -0.3 is 5.32 Å². The van der Waals surface area contributed by atoms with Crippen LogP contribution >= 0.6 is 0 Å². The average molecular weight is 164 g/mol. The Labute approximate surface area is 69.5 Å². The number of fused-ring (bicyclic) bond motifs is 1. The Morgan fingerprint density at radius 3 is 3.33 bits per heavy atom. The number of amidine groups is 1. The number of carbonyl (C=O) groups is 1. The van der Waals surface area contributed by atoms with Gasteiger partial charge in [0, 0.05) is 11.9 Å². The van der Waals surface area contributed by atoms with Crippen LogP contribution in [0, 0.1) is 0 Å². The molecule has 5 nitrogen and oxygen atoms in total. The SMILES string of the molecule is CC1=CN2N=CCN=C2C(=O)N1. The van der Waals surface area contributed by atoms with Gasteiger partial charge in [-0.3, -0.25) is 9.79 Å². The van der Waals surface area contributed by atoms with E-state index in [1.165, 1.54) is 5.01 Å². The zero-order valence-corrected chi connectivity index (χ0v) is 6.61. The van der Waals surface area contributed by atoms with Gasteiger partial charge in [-0.15, -0.1) is 0 Å². The fraction of sp³-hybridized carbons (Fsp3) is 0.286. The molecule has 12 heavy (non-hydrogen) atoms. The Bertz CT molecular complexity index is 315. The lowest BCUT2D eigenvalue weighted by Crippen LogP contribution is -2.44. The summed E-state index contributed by atoms with van der Waals surface area (Å²) in [6.07, 6.45) is 3.39. The summed E-state index contributed by atoms with van der Waals surface area (Å²) in [6, 6.07) is 0. The van der Waals surface area contributed by atoms with Crippen LogP contribution in [0.2, 0.25) is 0 Å². The van der Waals surface area contributed by atoms with Crippen molar-refractivity contribution >= 4 is 18.0 Å². The van der Waals surface area contributed by atoms with E-state index < -0.39 is 0 Å². The van der Waals surface area contributed by atoms with E-state index >= 15 is 0 Å². The van der Waals surface area contributed by atoms with Gasteiger partial charge in [-0.25, -0.2) is 5.01 Å². The summed E-state index contributed by atoms with van der Waals surface area (Å²) < 4.78 is 0. The number of hydrogen-bond acceptors (Lipinski definition) is 4. The Morgan fingerprint density at radius 1 is 1.67 bits per heavy atom. The van der Waals surface area contributed by atoms with Crippen LogP contribution in [-0.2, 0) is 4.79 Å². The van der Waals surface area contributed by atoms with E-state index in [1.807, 2.05) is 0 Å². The molecule has 0 aliphatic carbocycles. The molecule has 0 atom stereocenters. The zero-order chi connectivity index (χ0) is 8.55. The van der Waals surface area contributed by atoms with Crippen molar-refractivity contribution in [3.8, 4) is 0 Å². The lowest BCUT2D eigenvalue weighted by Gasteiger charge is -2.24. The van der Waals surface area contributed by atoms with Crippen LogP contribution in [0.4, 0.5) is 0 Å². The molecule has 2 heterocycles. The van der Waals surface area contributed by atoms with E-state index in [9.17, 15) is 4.79 Å². The molecular formula is C7H8N4O. The Morgan fingerprint density at radius 2 is 2.50 bits per heavy atom. The van der Waals surface area contributed by atoms with Crippen LogP contribution in [0.3, 0.4) is 0 Å². The minimum atomic E-state index is -0.188. The van der Waals surface area contributed by atoms with Crippen molar-refractivity contribution in [3.63, 3.8) is 0 Å². The number of nitrogens with zero attached hydrogens (tertiary/aromatic N) is 3. The predicted molar refractivity (Wildman–Crippen MR) is 44.5 cm³/mol. The van der Waals surface area contributed by atoms with Gasteiger partial charge in [0.05, 0.1) is 12.7 Å². The first-order valence-electron chi connectivity index (χ1n) is 3.63. The Kier molecular flexibility index (Phi) is 1.43. The van der Waals surface area contributed by atoms with Gasteiger partial charge in [0.1, 0.15) is 0 Å². The quantitative estimate of drug-likeness (QED) is 0.533. The number of allylic oxidation sites excluding steroid dienone is 1. The van der Waals surface area contributed by atoms with Gasteiger partial charge in [0.2, 0.25) is 5.84 Å². The van der Waals surface area contributed by atoms with E-state index in [1.54, 1.807) is 19.3 Å². The second-order valence-corrected chi connectivity index (χ2v) is 2.57. The largest absolute Gasteiger partial charge is 0.322 e. The van der Waals surface area contributed by atoms with Crippen molar-refractivity contribution in [2.45, 2.75) is 6.92 Å². The summed E-state index contributed by atoms with van der Waals surface area (Å²) in [7, 11) is 0. The van der Waals surface area contributed by atoms with Crippen LogP contribution in [0.1, 0.15) is 6.92 Å². The van der Waals surface area contributed by atoms with Crippen LogP contribution in [-0.4, -0.2) is 29.5 Å². The molecule has 2 aliphatic rings. The van der Waals surface area contributed by atoms with E-state index in [-0.39, 0.29) is 5.91 Å². The third-order valence-corrected chi connectivity index (χ3v) is 1.58. The fourth-order valence-electron chi connectivity index (χ4n) is 1.10. The molecule has 2 aliphatic heterocycles. The smallest absolute Gasteiger partial charge is 0.292 e. The van der Waals surface area contributed by atoms with Crippen molar-refractivity contribution < 1.29 is 4.79 Å². The molecule has 62 valence electrons. The van der Waals surface area contributed by atoms with Gasteiger partial charge in [-0.05, 0) is 6.92 Å². The predicted octanol–water partition coefficient (Wildman–Crippen LogP) is -0.323. The lowest BCUT2D eigenvalue weighted by molar-refractivity contribution is -0.115. The summed E-state index contributed by atoms with van der Waals surface area (Å²) in [5, 5.41) is 8.13. The zero-order valence-electron chi connectivity index (χ0n) is 6.61. The third-order valence-electron chi connectivity index (χ3n) is 1.58. The van der Waals surface area contributed by atoms with Crippen LogP contribution in [0.5, 0.6) is 0 Å². The number of aliphatic imine (C=N–C) groups is 1. The summed E-state index contributed by atoms with van der Waals surface area (Å²) >= 11 is 0. The third kappa shape index (κ3) is 0.990. The summed E-state index contributed by atoms with van der Waals surface area (Å²) in [4.78, 5) is 15.2. The van der Waals surface area contributed by atoms with Gasteiger partial charge in [0.25, 0.3) is 5.91 Å². The van der Waals surface area contributed by atoms with E-state index in [0.717, 1.165) is 5.70 Å². The molecule has 2 rings (SSSR count). The summed E-state index contributed by atoms with van der Waals surface area (Å²) in [6.45, 7) is 2.28. The first kappa shape index (κ1) is 7.02. The molecule has 0 spiro atoms. The highest BCUT2D eigenvalue weighted by atomic mass is 16.2. The minimum Gasteiger partial charge on any atom is -0.322 e. The number of hydrazone groups is 1. The minimum absolute atomic E-state index is 0.188. The molecule has 0 radical (unpaired) electrons. The Balaban J connectivity index is 2.38. The number of hydrogen-bond donors (Lipinski definition) is 1. The van der Waals surface area contributed by atoms with E-state index in [2.05, 4.69) is 15.4 Å². The second-order valence-electron chi connectivity index (χ2n) is 2.57. The maximum absolute atomic E-state index is 11.2. The van der Waals surface area contributed by atoms with E-state index in [0.29, 0.717) is 12.4 Å². The van der Waals surface area contributed by atoms with Crippen molar-refractivity contribution in [2.75, 3.05) is 6.54 Å². The van der Waals surface area contributed by atoms with E-state index in [4.69, 9.17) is 0 Å². The topological polar surface area (TPSA) is 57.1 Å². The van der Waals surface area contributed by atoms with Gasteiger partial charge in [0.15, 0.2) is 0 Å². The van der Waals surface area contributed by atoms with Crippen molar-refractivity contribution in [1.82, 2.24) is 10.3 Å². The molecule has 0 saturated carbocycles. The van der Waals surface area contributed by atoms with Crippen LogP contribution in [0.15, 0.2) is 22.0 Å². The lowest BCUT2D eigenvalue weighted by atomic mass is 10.3. The summed E-state index contributed by atoms with van der Waals surface area (Å²) in [5.41, 5.74) is 0.776. The molecule has 0 fully saturated rings. The van der Waals surface area contributed by atoms with Crippen LogP contribution in [0.25, 0.3) is 0 Å². The first-order valence-corrected chi connectivity index (χ1v) is 3.63. The fourth-order valence-corrected chi connectivity index (χ4v) is 1.10.